The van der Waals surface area contributed by atoms with Gasteiger partial charge in [-0.25, -0.2) is 13.1 Å². The van der Waals surface area contributed by atoms with Crippen LogP contribution in [0.2, 0.25) is 0 Å². The largest absolute Gasteiger partial charge is 0.310 e. The van der Waals surface area contributed by atoms with Crippen molar-refractivity contribution in [1.29, 1.82) is 0 Å². The zero-order chi connectivity index (χ0) is 17.6. The van der Waals surface area contributed by atoms with Crippen LogP contribution in [-0.2, 0) is 14.8 Å². The molecule has 1 amide bonds. The molecule has 2 saturated carbocycles. The maximum atomic E-state index is 12.7. The van der Waals surface area contributed by atoms with Gasteiger partial charge in [-0.1, -0.05) is 19.8 Å². The molecule has 0 aromatic heterocycles. The number of amides is 1. The molecule has 1 N–H and O–H groups in total. The van der Waals surface area contributed by atoms with Crippen LogP contribution in [0.5, 0.6) is 0 Å². The van der Waals surface area contributed by atoms with Crippen molar-refractivity contribution in [2.24, 2.45) is 5.92 Å². The Labute approximate surface area is 153 Å². The Morgan fingerprint density at radius 2 is 1.92 bits per heavy atom. The summed E-state index contributed by atoms with van der Waals surface area (Å²) in [7, 11) is -3.54. The maximum Gasteiger partial charge on any atom is 0.240 e. The summed E-state index contributed by atoms with van der Waals surface area (Å²) in [5.41, 5.74) is 0.759. The number of carbonyl (C=O) groups excluding carboxylic acids is 1. The minimum Gasteiger partial charge on any atom is -0.310 e. The average molecular weight is 381 g/mol. The van der Waals surface area contributed by atoms with Crippen molar-refractivity contribution in [1.82, 2.24) is 4.72 Å². The standard InChI is InChI=1S/C18H24N2O3S2/c1-12-11-20(18(21)13-6-7-13)16-10-15(8-9-17(16)24-12)25(22,23)19-14-4-2-3-5-14/h8-10,12-14,19H,2-7,11H2,1H3. The number of fused-ring (bicyclic) bond motifs is 1. The first kappa shape index (κ1) is 17.4. The molecule has 0 saturated heterocycles. The van der Waals surface area contributed by atoms with Gasteiger partial charge in [-0.05, 0) is 43.9 Å². The van der Waals surface area contributed by atoms with E-state index in [9.17, 15) is 13.2 Å². The average Bonchev–Trinajstić information content (AvgIpc) is 3.31. The zero-order valence-corrected chi connectivity index (χ0v) is 16.0. The van der Waals surface area contributed by atoms with Crippen molar-refractivity contribution < 1.29 is 13.2 Å². The smallest absolute Gasteiger partial charge is 0.240 e. The monoisotopic (exact) mass is 380 g/mol. The molecule has 1 unspecified atom stereocenters. The topological polar surface area (TPSA) is 66.5 Å². The Balaban J connectivity index is 1.65. The fourth-order valence-corrected chi connectivity index (χ4v) is 6.09. The van der Waals surface area contributed by atoms with Gasteiger partial charge in [0.2, 0.25) is 15.9 Å². The molecule has 4 rings (SSSR count). The summed E-state index contributed by atoms with van der Waals surface area (Å²) < 4.78 is 28.3. The van der Waals surface area contributed by atoms with Gasteiger partial charge >= 0.3 is 0 Å². The van der Waals surface area contributed by atoms with Crippen molar-refractivity contribution in [2.75, 3.05) is 11.4 Å². The number of nitrogens with zero attached hydrogens (tertiary/aromatic N) is 1. The van der Waals surface area contributed by atoms with E-state index in [4.69, 9.17) is 0 Å². The summed E-state index contributed by atoms with van der Waals surface area (Å²) in [4.78, 5) is 15.7. The zero-order valence-electron chi connectivity index (χ0n) is 14.4. The second-order valence-corrected chi connectivity index (χ2v) is 10.6. The first-order valence-corrected chi connectivity index (χ1v) is 11.4. The van der Waals surface area contributed by atoms with Crippen LogP contribution < -0.4 is 9.62 Å². The van der Waals surface area contributed by atoms with Crippen LogP contribution in [0.3, 0.4) is 0 Å². The Bertz CT molecular complexity index is 784. The lowest BCUT2D eigenvalue weighted by Crippen LogP contribution is -2.39. The fourth-order valence-electron chi connectivity index (χ4n) is 3.67. The van der Waals surface area contributed by atoms with Gasteiger partial charge < -0.3 is 4.90 Å². The number of hydrogen-bond donors (Lipinski definition) is 1. The van der Waals surface area contributed by atoms with Gasteiger partial charge in [-0.2, -0.15) is 0 Å². The van der Waals surface area contributed by atoms with Gasteiger partial charge in [0.25, 0.3) is 0 Å². The predicted molar refractivity (Wildman–Crippen MR) is 99.4 cm³/mol. The van der Waals surface area contributed by atoms with Crippen LogP contribution in [0.15, 0.2) is 28.0 Å². The van der Waals surface area contributed by atoms with E-state index in [2.05, 4.69) is 11.6 Å². The highest BCUT2D eigenvalue weighted by molar-refractivity contribution is 8.00. The van der Waals surface area contributed by atoms with Crippen molar-refractivity contribution in [2.45, 2.75) is 66.5 Å². The Morgan fingerprint density at radius 3 is 2.60 bits per heavy atom. The minimum atomic E-state index is -3.54. The summed E-state index contributed by atoms with van der Waals surface area (Å²) >= 11 is 1.71. The molecule has 25 heavy (non-hydrogen) atoms. The number of hydrogen-bond acceptors (Lipinski definition) is 4. The first-order chi connectivity index (χ1) is 11.9. The fraction of sp³-hybridized carbons (Fsp3) is 0.611. The Kier molecular flexibility index (Phi) is 4.58. The molecule has 2 fully saturated rings. The second-order valence-electron chi connectivity index (χ2n) is 7.38. The van der Waals surface area contributed by atoms with E-state index in [0.717, 1.165) is 49.1 Å². The Morgan fingerprint density at radius 1 is 1.20 bits per heavy atom. The van der Waals surface area contributed by atoms with Crippen LogP contribution in [0.4, 0.5) is 5.69 Å². The van der Waals surface area contributed by atoms with Gasteiger partial charge in [0, 0.05) is 28.6 Å². The molecule has 0 spiro atoms. The molecule has 3 aliphatic rings. The van der Waals surface area contributed by atoms with Crippen LogP contribution in [0.25, 0.3) is 0 Å². The predicted octanol–water partition coefficient (Wildman–Crippen LogP) is 3.14. The molecule has 1 heterocycles. The van der Waals surface area contributed by atoms with Gasteiger partial charge in [0.15, 0.2) is 0 Å². The van der Waals surface area contributed by atoms with Crippen molar-refractivity contribution in [3.8, 4) is 0 Å². The Hall–Kier alpha value is -1.05. The quantitative estimate of drug-likeness (QED) is 0.871. The van der Waals surface area contributed by atoms with Gasteiger partial charge in [-0.15, -0.1) is 11.8 Å². The summed E-state index contributed by atoms with van der Waals surface area (Å²) in [5.74, 6) is 0.270. The SMILES string of the molecule is CC1CN(C(=O)C2CC2)c2cc(S(=O)(=O)NC3CCCC3)ccc2S1. The molecular weight excluding hydrogens is 356 g/mol. The minimum absolute atomic E-state index is 0.0413. The molecule has 2 aliphatic carbocycles. The van der Waals surface area contributed by atoms with Gasteiger partial charge in [0.1, 0.15) is 0 Å². The van der Waals surface area contributed by atoms with E-state index in [1.165, 1.54) is 0 Å². The number of carbonyl (C=O) groups is 1. The number of sulfonamides is 1. The lowest BCUT2D eigenvalue weighted by Gasteiger charge is -2.33. The second kappa shape index (κ2) is 6.59. The van der Waals surface area contributed by atoms with E-state index in [1.807, 2.05) is 11.0 Å². The number of anilines is 1. The third-order valence-electron chi connectivity index (χ3n) is 5.17. The molecular formula is C18H24N2O3S2. The first-order valence-electron chi connectivity index (χ1n) is 9.08. The number of thioether (sulfide) groups is 1. The molecule has 1 aliphatic heterocycles. The van der Waals surface area contributed by atoms with E-state index >= 15 is 0 Å². The van der Waals surface area contributed by atoms with Gasteiger partial charge in [0.05, 0.1) is 10.6 Å². The molecule has 0 radical (unpaired) electrons. The molecule has 1 aromatic carbocycles. The summed E-state index contributed by atoms with van der Waals surface area (Å²) in [6.45, 7) is 2.75. The van der Waals surface area contributed by atoms with E-state index in [0.29, 0.717) is 11.8 Å². The normalized spacial score (nSPS) is 24.4. The third kappa shape index (κ3) is 3.59. The molecule has 7 heteroatoms. The highest BCUT2D eigenvalue weighted by Gasteiger charge is 2.37. The highest BCUT2D eigenvalue weighted by atomic mass is 32.2. The van der Waals surface area contributed by atoms with Crippen LogP contribution in [0.1, 0.15) is 45.4 Å². The number of benzene rings is 1. The maximum absolute atomic E-state index is 12.7. The van der Waals surface area contributed by atoms with Crippen molar-refractivity contribution in [3.05, 3.63) is 18.2 Å². The summed E-state index contributed by atoms with van der Waals surface area (Å²) in [5, 5.41) is 0.314. The third-order valence-corrected chi connectivity index (χ3v) is 7.84. The summed E-state index contributed by atoms with van der Waals surface area (Å²) in [6, 6.07) is 5.25. The van der Waals surface area contributed by atoms with E-state index in [1.54, 1.807) is 23.9 Å². The molecule has 5 nitrogen and oxygen atoms in total. The molecule has 0 bridgehead atoms. The van der Waals surface area contributed by atoms with Crippen LogP contribution in [-0.4, -0.2) is 32.2 Å². The van der Waals surface area contributed by atoms with Gasteiger partial charge in [-0.3, -0.25) is 4.79 Å². The lowest BCUT2D eigenvalue weighted by molar-refractivity contribution is -0.119. The van der Waals surface area contributed by atoms with Crippen LogP contribution in [0, 0.1) is 5.92 Å². The van der Waals surface area contributed by atoms with Crippen molar-refractivity contribution in [3.63, 3.8) is 0 Å². The number of rotatable bonds is 4. The van der Waals surface area contributed by atoms with Crippen LogP contribution >= 0.6 is 11.8 Å². The highest BCUT2D eigenvalue weighted by Crippen LogP contribution is 2.42. The number of nitrogens with one attached hydrogen (secondary N) is 1. The molecule has 1 aromatic rings. The van der Waals surface area contributed by atoms with E-state index < -0.39 is 10.0 Å². The van der Waals surface area contributed by atoms with E-state index in [-0.39, 0.29) is 22.8 Å². The lowest BCUT2D eigenvalue weighted by atomic mass is 10.2. The summed E-state index contributed by atoms with van der Waals surface area (Å²) in [6.07, 6.45) is 5.87. The molecule has 136 valence electrons. The van der Waals surface area contributed by atoms with Crippen molar-refractivity contribution >= 4 is 33.4 Å². The molecule has 1 atom stereocenters.